The lowest BCUT2D eigenvalue weighted by Gasteiger charge is -2.32. The van der Waals surface area contributed by atoms with Gasteiger partial charge in [0.15, 0.2) is 0 Å². The fourth-order valence-electron chi connectivity index (χ4n) is 4.74. The van der Waals surface area contributed by atoms with Gasteiger partial charge >= 0.3 is 33.1 Å². The molecule has 3 fully saturated rings. The van der Waals surface area contributed by atoms with Crippen LogP contribution < -0.4 is 5.46 Å². The molecule has 0 spiro atoms. The normalized spacial score (nSPS) is 21.8. The molecule has 3 heterocycles. The number of methoxy groups -OCH3 is 2. The Morgan fingerprint density at radius 1 is 0.560 bits per heavy atom. The monoisotopic (exact) mass is 810 g/mol. The van der Waals surface area contributed by atoms with Crippen molar-refractivity contribution in [3.05, 3.63) is 51.1 Å². The van der Waals surface area contributed by atoms with Gasteiger partial charge in [0, 0.05) is 3.57 Å². The Morgan fingerprint density at radius 3 is 1.20 bits per heavy atom. The molecule has 3 aliphatic rings. The summed E-state index contributed by atoms with van der Waals surface area (Å²) in [6.45, 7) is 24.0. The number of rotatable bonds is 4. The van der Waals surface area contributed by atoms with Gasteiger partial charge in [0.2, 0.25) is 0 Å². The van der Waals surface area contributed by atoms with Gasteiger partial charge in [-0.05, 0) is 141 Å². The van der Waals surface area contributed by atoms with Gasteiger partial charge in [0.1, 0.15) is 22.6 Å². The van der Waals surface area contributed by atoms with Crippen molar-refractivity contribution in [2.75, 3.05) is 14.2 Å². The number of esters is 2. The van der Waals surface area contributed by atoms with E-state index in [2.05, 4.69) is 9.47 Å². The van der Waals surface area contributed by atoms with Crippen molar-refractivity contribution in [3.8, 4) is 11.5 Å². The van der Waals surface area contributed by atoms with Gasteiger partial charge < -0.3 is 47.6 Å². The maximum Gasteiger partial charge on any atom is 0.494 e. The molecule has 3 aliphatic heterocycles. The Bertz CT molecular complexity index is 1480. The van der Waals surface area contributed by atoms with E-state index in [9.17, 15) is 19.8 Å². The minimum absolute atomic E-state index is 0.0475. The second-order valence-electron chi connectivity index (χ2n) is 15.3. The fraction of sp³-hybridized carbons (Fsp3) is 0.588. The van der Waals surface area contributed by atoms with Crippen molar-refractivity contribution >= 4 is 61.1 Å². The third kappa shape index (κ3) is 8.99. The van der Waals surface area contributed by atoms with Gasteiger partial charge in [0.05, 0.1) is 47.8 Å². The van der Waals surface area contributed by atoms with Crippen LogP contribution in [0.15, 0.2) is 36.4 Å². The number of aromatic hydroxyl groups is 2. The Labute approximate surface area is 310 Å². The van der Waals surface area contributed by atoms with Crippen LogP contribution in [0.3, 0.4) is 0 Å². The van der Waals surface area contributed by atoms with Crippen LogP contribution in [0.25, 0.3) is 0 Å². The molecular weight excluding hydrogens is 760 g/mol. The first kappa shape index (κ1) is 42.1. The highest BCUT2D eigenvalue weighted by Crippen LogP contribution is 2.43. The minimum Gasteiger partial charge on any atom is -0.507 e. The molecule has 16 heteroatoms. The first-order valence-electron chi connectivity index (χ1n) is 16.3. The average molecular weight is 810 g/mol. The lowest BCUT2D eigenvalue weighted by atomic mass is 9.49. The quantitative estimate of drug-likeness (QED) is 0.228. The summed E-state index contributed by atoms with van der Waals surface area (Å²) in [5, 5.41) is 19.2. The third-order valence-corrected chi connectivity index (χ3v) is 10.8. The number of carbonyl (C=O) groups is 2. The van der Waals surface area contributed by atoms with E-state index in [1.807, 2.05) is 106 Å². The van der Waals surface area contributed by atoms with Crippen molar-refractivity contribution in [1.29, 1.82) is 0 Å². The third-order valence-electron chi connectivity index (χ3n) is 10.1. The average Bonchev–Trinajstić information content (AvgIpc) is 3.46. The van der Waals surface area contributed by atoms with E-state index in [1.54, 1.807) is 12.1 Å². The van der Waals surface area contributed by atoms with E-state index in [1.165, 1.54) is 38.5 Å². The molecule has 2 N–H and O–H groups in total. The smallest absolute Gasteiger partial charge is 0.494 e. The van der Waals surface area contributed by atoms with E-state index >= 15 is 0 Å². The Kier molecular flexibility index (Phi) is 12.6. The molecular formula is C34H50B3IO12. The lowest BCUT2D eigenvalue weighted by molar-refractivity contribution is 0.00578. The standard InChI is InChI=1S/C14H19BO5.C12H24B2O4.C8H7IO3/c1-13(2)14(3,4)20-15(19-13)9-6-7-10(11(16)8-9)12(17)18-5;1-9(2)10(3,4)16-13(15-9)14-17-11(5,6)12(7,8)18-14;1-12-8(11)6-3-2-5(9)4-7(6)10/h6-8,16H,1-5H3;1-8H3;2-4,10H,1H3. The number of halogens is 1. The molecule has 0 atom stereocenters. The number of hydrogen-bond acceptors (Lipinski definition) is 12. The number of carbonyl (C=O) groups excluding carboxylic acids is 2. The zero-order chi connectivity index (χ0) is 38.3. The maximum atomic E-state index is 11.4. The second-order valence-corrected chi connectivity index (χ2v) is 16.5. The molecule has 274 valence electrons. The van der Waals surface area contributed by atoms with Crippen LogP contribution >= 0.6 is 22.6 Å². The van der Waals surface area contributed by atoms with E-state index in [0.29, 0.717) is 5.46 Å². The first-order valence-corrected chi connectivity index (χ1v) is 17.3. The highest BCUT2D eigenvalue weighted by molar-refractivity contribution is 14.1. The van der Waals surface area contributed by atoms with Gasteiger partial charge in [-0.25, -0.2) is 9.59 Å². The van der Waals surface area contributed by atoms with Crippen LogP contribution in [0.4, 0.5) is 0 Å². The van der Waals surface area contributed by atoms with Gasteiger partial charge in [-0.2, -0.15) is 0 Å². The van der Waals surface area contributed by atoms with Crippen LogP contribution in [-0.2, 0) is 37.4 Å². The Morgan fingerprint density at radius 2 is 0.880 bits per heavy atom. The van der Waals surface area contributed by atoms with Crippen LogP contribution in [0, 0.1) is 3.57 Å². The molecule has 0 radical (unpaired) electrons. The van der Waals surface area contributed by atoms with Gasteiger partial charge in [-0.15, -0.1) is 0 Å². The molecule has 0 aromatic heterocycles. The van der Waals surface area contributed by atoms with Crippen LogP contribution in [0.1, 0.15) is 104 Å². The van der Waals surface area contributed by atoms with Gasteiger partial charge in [0.25, 0.3) is 0 Å². The summed E-state index contributed by atoms with van der Waals surface area (Å²) in [6, 6.07) is 9.42. The molecule has 2 aromatic rings. The van der Waals surface area contributed by atoms with Gasteiger partial charge in [-0.3, -0.25) is 0 Å². The Balaban J connectivity index is 0.000000209. The van der Waals surface area contributed by atoms with E-state index < -0.39 is 44.3 Å². The summed E-state index contributed by atoms with van der Waals surface area (Å²) in [7, 11) is 1.02. The zero-order valence-corrected chi connectivity index (χ0v) is 33.7. The van der Waals surface area contributed by atoms with E-state index in [4.69, 9.17) is 27.9 Å². The van der Waals surface area contributed by atoms with Gasteiger partial charge in [-0.1, -0.05) is 6.07 Å². The molecule has 5 rings (SSSR count). The maximum absolute atomic E-state index is 11.4. The topological polar surface area (TPSA) is 148 Å². The van der Waals surface area contributed by atoms with Crippen molar-refractivity contribution in [1.82, 2.24) is 0 Å². The zero-order valence-electron chi connectivity index (χ0n) is 31.6. The lowest BCUT2D eigenvalue weighted by Crippen LogP contribution is -2.41. The first-order chi connectivity index (χ1) is 22.7. The number of hydrogen-bond donors (Lipinski definition) is 2. The predicted molar refractivity (Wildman–Crippen MR) is 199 cm³/mol. The molecule has 0 amide bonds. The number of ether oxygens (including phenoxy) is 2. The summed E-state index contributed by atoms with van der Waals surface area (Å²) in [4.78, 5) is 22.4. The summed E-state index contributed by atoms with van der Waals surface area (Å²) < 4.78 is 45.5. The van der Waals surface area contributed by atoms with Crippen LogP contribution in [-0.4, -0.2) is 91.1 Å². The second kappa shape index (κ2) is 15.0. The molecule has 0 unspecified atom stereocenters. The molecule has 3 saturated heterocycles. The highest BCUT2D eigenvalue weighted by Gasteiger charge is 2.63. The van der Waals surface area contributed by atoms with Crippen molar-refractivity contribution < 1.29 is 57.2 Å². The fourth-order valence-corrected chi connectivity index (χ4v) is 5.22. The molecule has 2 aromatic carbocycles. The minimum atomic E-state index is -0.581. The summed E-state index contributed by atoms with van der Waals surface area (Å²) in [5.41, 5.74) is -1.37. The van der Waals surface area contributed by atoms with Crippen molar-refractivity contribution in [2.45, 2.75) is 117 Å². The Hall–Kier alpha value is -2.34. The molecule has 0 aliphatic carbocycles. The molecule has 0 saturated carbocycles. The summed E-state index contributed by atoms with van der Waals surface area (Å²) >= 11 is 2.05. The summed E-state index contributed by atoms with van der Waals surface area (Å²) in [5.74, 6) is -1.30. The van der Waals surface area contributed by atoms with Crippen molar-refractivity contribution in [3.63, 3.8) is 0 Å². The van der Waals surface area contributed by atoms with Crippen LogP contribution in [0.2, 0.25) is 0 Å². The number of phenols is 2. The number of phenolic OH excluding ortho intramolecular Hbond substituents is 2. The van der Waals surface area contributed by atoms with Crippen molar-refractivity contribution in [2.24, 2.45) is 0 Å². The molecule has 12 nitrogen and oxygen atoms in total. The van der Waals surface area contributed by atoms with E-state index in [-0.39, 0.29) is 45.0 Å². The predicted octanol–water partition coefficient (Wildman–Crippen LogP) is 5.51. The molecule has 50 heavy (non-hydrogen) atoms. The largest absolute Gasteiger partial charge is 0.507 e. The highest BCUT2D eigenvalue weighted by atomic mass is 127. The van der Waals surface area contributed by atoms with E-state index in [0.717, 1.165) is 3.57 Å². The SMILES string of the molecule is CC1(C)OB(B2OC(C)(C)C(C)(C)O2)OC1(C)C.COC(=O)c1ccc(B2OC(C)(C)C(C)(C)O2)cc1O.COC(=O)c1ccc(I)cc1O. The van der Waals surface area contributed by atoms with Crippen LogP contribution in [0.5, 0.6) is 11.5 Å². The summed E-state index contributed by atoms with van der Waals surface area (Å²) in [6.07, 6.45) is 0. The molecule has 0 bridgehead atoms. The number of benzene rings is 2.